The van der Waals surface area contributed by atoms with Gasteiger partial charge in [0.1, 0.15) is 4.60 Å². The van der Waals surface area contributed by atoms with Crippen molar-refractivity contribution < 1.29 is 4.39 Å². The summed E-state index contributed by atoms with van der Waals surface area (Å²) >= 11 is 2.84. The Bertz CT molecular complexity index is 227. The number of halogens is 2. The third-order valence-corrected chi connectivity index (χ3v) is 1.28. The van der Waals surface area contributed by atoms with Gasteiger partial charge < -0.3 is 5.73 Å². The van der Waals surface area contributed by atoms with Gasteiger partial charge in [-0.25, -0.2) is 14.4 Å². The molecule has 2 N–H and O–H groups in total. The van der Waals surface area contributed by atoms with Gasteiger partial charge in [-0.15, -0.1) is 0 Å². The largest absolute Gasteiger partial charge is 0.368 e. The zero-order valence-corrected chi connectivity index (χ0v) is 5.89. The lowest BCUT2D eigenvalue weighted by Crippen LogP contribution is -1.95. The Morgan fingerprint density at radius 3 is 2.78 bits per heavy atom. The van der Waals surface area contributed by atoms with Crippen molar-refractivity contribution >= 4 is 21.9 Å². The number of hydrogen-bond acceptors (Lipinski definition) is 3. The van der Waals surface area contributed by atoms with Crippen LogP contribution in [0, 0.1) is 5.82 Å². The van der Waals surface area contributed by atoms with E-state index in [1.165, 1.54) is 0 Å². The zero-order chi connectivity index (χ0) is 6.85. The lowest BCUT2D eigenvalue weighted by atomic mass is 10.6. The van der Waals surface area contributed by atoms with E-state index < -0.39 is 5.82 Å². The monoisotopic (exact) mass is 191 g/mol. The van der Waals surface area contributed by atoms with Crippen LogP contribution in [0.2, 0.25) is 0 Å². The minimum atomic E-state index is -0.510. The smallest absolute Gasteiger partial charge is 0.221 e. The molecule has 0 aromatic carbocycles. The van der Waals surface area contributed by atoms with E-state index in [4.69, 9.17) is 5.73 Å². The van der Waals surface area contributed by atoms with E-state index in [0.29, 0.717) is 0 Å². The molecule has 1 rings (SSSR count). The van der Waals surface area contributed by atoms with Crippen LogP contribution >= 0.6 is 15.9 Å². The average Bonchev–Trinajstić information content (AvgIpc) is 1.80. The van der Waals surface area contributed by atoms with Gasteiger partial charge in [0.25, 0.3) is 0 Å². The summed E-state index contributed by atoms with van der Waals surface area (Å²) in [6.45, 7) is 0. The molecular formula is C4H3BrFN3. The summed E-state index contributed by atoms with van der Waals surface area (Å²) in [6.07, 6.45) is 1.01. The van der Waals surface area contributed by atoms with Crippen molar-refractivity contribution in [3.63, 3.8) is 0 Å². The number of anilines is 1. The molecule has 3 nitrogen and oxygen atoms in total. The molecule has 0 saturated heterocycles. The van der Waals surface area contributed by atoms with Crippen molar-refractivity contribution in [1.29, 1.82) is 0 Å². The van der Waals surface area contributed by atoms with Crippen LogP contribution in [0.5, 0.6) is 0 Å². The van der Waals surface area contributed by atoms with E-state index in [0.717, 1.165) is 6.20 Å². The lowest BCUT2D eigenvalue weighted by molar-refractivity contribution is 0.606. The first kappa shape index (κ1) is 6.41. The summed E-state index contributed by atoms with van der Waals surface area (Å²) in [4.78, 5) is 6.88. The SMILES string of the molecule is Nc1ncc(F)c(Br)n1. The molecule has 0 spiro atoms. The van der Waals surface area contributed by atoms with E-state index in [9.17, 15) is 4.39 Å². The number of nitrogens with zero attached hydrogens (tertiary/aromatic N) is 2. The number of aromatic nitrogens is 2. The molecule has 0 saturated carbocycles. The van der Waals surface area contributed by atoms with Gasteiger partial charge in [-0.1, -0.05) is 0 Å². The Kier molecular flexibility index (Phi) is 1.61. The van der Waals surface area contributed by atoms with Gasteiger partial charge in [0.2, 0.25) is 5.95 Å². The normalized spacial score (nSPS) is 9.56. The summed E-state index contributed by atoms with van der Waals surface area (Å²) in [5.74, 6) is -0.451. The van der Waals surface area contributed by atoms with Crippen LogP contribution in [0.3, 0.4) is 0 Å². The quantitative estimate of drug-likeness (QED) is 0.622. The Morgan fingerprint density at radius 2 is 2.33 bits per heavy atom. The highest BCUT2D eigenvalue weighted by Crippen LogP contribution is 2.10. The van der Waals surface area contributed by atoms with Crippen LogP contribution in [-0.2, 0) is 0 Å². The van der Waals surface area contributed by atoms with Crippen molar-refractivity contribution in [1.82, 2.24) is 9.97 Å². The first-order chi connectivity index (χ1) is 4.20. The summed E-state index contributed by atoms with van der Waals surface area (Å²) in [6, 6.07) is 0. The predicted octanol–water partition coefficient (Wildman–Crippen LogP) is 0.960. The van der Waals surface area contributed by atoms with Gasteiger partial charge in [0, 0.05) is 0 Å². The number of nitrogens with two attached hydrogens (primary N) is 1. The maximum Gasteiger partial charge on any atom is 0.221 e. The van der Waals surface area contributed by atoms with E-state index in [-0.39, 0.29) is 10.6 Å². The lowest BCUT2D eigenvalue weighted by Gasteiger charge is -1.91. The fraction of sp³-hybridized carbons (Fsp3) is 0. The topological polar surface area (TPSA) is 51.8 Å². The van der Waals surface area contributed by atoms with E-state index >= 15 is 0 Å². The van der Waals surface area contributed by atoms with E-state index in [2.05, 4.69) is 25.9 Å². The molecule has 1 heterocycles. The minimum Gasteiger partial charge on any atom is -0.368 e. The van der Waals surface area contributed by atoms with Crippen molar-refractivity contribution in [3.05, 3.63) is 16.6 Å². The number of hydrogen-bond donors (Lipinski definition) is 1. The Balaban J connectivity index is 3.17. The third-order valence-electron chi connectivity index (χ3n) is 0.720. The standard InChI is InChI=1S/C4H3BrFN3/c5-3-2(6)1-8-4(7)9-3/h1H,(H2,7,8,9). The highest BCUT2D eigenvalue weighted by atomic mass is 79.9. The predicted molar refractivity (Wildman–Crippen MR) is 34.1 cm³/mol. The van der Waals surface area contributed by atoms with E-state index in [1.54, 1.807) is 0 Å². The van der Waals surface area contributed by atoms with Crippen molar-refractivity contribution in [2.24, 2.45) is 0 Å². The van der Waals surface area contributed by atoms with Gasteiger partial charge in [0.15, 0.2) is 5.82 Å². The van der Waals surface area contributed by atoms with E-state index in [1.807, 2.05) is 0 Å². The van der Waals surface area contributed by atoms with Crippen LogP contribution in [0.4, 0.5) is 10.3 Å². The Morgan fingerprint density at radius 1 is 1.67 bits per heavy atom. The summed E-state index contributed by atoms with van der Waals surface area (Å²) in [7, 11) is 0. The van der Waals surface area contributed by atoms with Gasteiger partial charge in [-0.3, -0.25) is 0 Å². The molecule has 1 aromatic rings. The molecule has 0 aliphatic rings. The molecule has 1 aromatic heterocycles. The van der Waals surface area contributed by atoms with Gasteiger partial charge in [-0.05, 0) is 15.9 Å². The number of nitrogen functional groups attached to an aromatic ring is 1. The second-order valence-electron chi connectivity index (χ2n) is 1.37. The molecule has 0 bridgehead atoms. The summed E-state index contributed by atoms with van der Waals surface area (Å²) in [5, 5.41) is 0. The van der Waals surface area contributed by atoms with Crippen LogP contribution in [0.1, 0.15) is 0 Å². The third kappa shape index (κ3) is 1.35. The van der Waals surface area contributed by atoms with Crippen LogP contribution < -0.4 is 5.73 Å². The fourth-order valence-corrected chi connectivity index (χ4v) is 0.643. The van der Waals surface area contributed by atoms with Crippen molar-refractivity contribution in [2.75, 3.05) is 5.73 Å². The molecule has 0 amide bonds. The second-order valence-corrected chi connectivity index (χ2v) is 2.12. The van der Waals surface area contributed by atoms with Gasteiger partial charge in [-0.2, -0.15) is 0 Å². The van der Waals surface area contributed by atoms with Crippen LogP contribution in [0.25, 0.3) is 0 Å². The minimum absolute atomic E-state index is 0.0586. The Labute approximate surface area is 59.2 Å². The Hall–Kier alpha value is -0.710. The van der Waals surface area contributed by atoms with Crippen LogP contribution in [0.15, 0.2) is 10.8 Å². The first-order valence-electron chi connectivity index (χ1n) is 2.13. The molecule has 48 valence electrons. The maximum atomic E-state index is 12.3. The van der Waals surface area contributed by atoms with Gasteiger partial charge in [0.05, 0.1) is 6.20 Å². The second kappa shape index (κ2) is 2.26. The van der Waals surface area contributed by atoms with Crippen molar-refractivity contribution in [2.45, 2.75) is 0 Å². The highest BCUT2D eigenvalue weighted by Gasteiger charge is 1.98. The van der Waals surface area contributed by atoms with Crippen molar-refractivity contribution in [3.8, 4) is 0 Å². The van der Waals surface area contributed by atoms with Crippen LogP contribution in [-0.4, -0.2) is 9.97 Å². The molecule has 0 aliphatic carbocycles. The maximum absolute atomic E-state index is 12.3. The zero-order valence-electron chi connectivity index (χ0n) is 4.31. The molecule has 0 atom stereocenters. The molecule has 5 heteroatoms. The molecule has 0 aliphatic heterocycles. The molecular weight excluding hydrogens is 189 g/mol. The average molecular weight is 192 g/mol. The number of rotatable bonds is 0. The highest BCUT2D eigenvalue weighted by molar-refractivity contribution is 9.10. The molecule has 0 radical (unpaired) electrons. The first-order valence-corrected chi connectivity index (χ1v) is 2.93. The molecule has 9 heavy (non-hydrogen) atoms. The summed E-state index contributed by atoms with van der Waals surface area (Å²) in [5.41, 5.74) is 5.11. The molecule has 0 unspecified atom stereocenters. The summed E-state index contributed by atoms with van der Waals surface area (Å²) < 4.78 is 12.4. The fourth-order valence-electron chi connectivity index (χ4n) is 0.359. The van der Waals surface area contributed by atoms with Gasteiger partial charge >= 0.3 is 0 Å². The molecule has 0 fully saturated rings.